The van der Waals surface area contributed by atoms with Gasteiger partial charge in [-0.25, -0.2) is 0 Å². The van der Waals surface area contributed by atoms with Crippen molar-refractivity contribution in [3.63, 3.8) is 0 Å². The molecule has 1 aromatic rings. The maximum Gasteiger partial charge on any atom is 0.226 e. The van der Waals surface area contributed by atoms with Gasteiger partial charge in [0.2, 0.25) is 5.91 Å². The fraction of sp³-hybridized carbons (Fsp3) is 0.588. The summed E-state index contributed by atoms with van der Waals surface area (Å²) in [5.41, 5.74) is 6.69. The summed E-state index contributed by atoms with van der Waals surface area (Å²) in [6.45, 7) is 8.80. The van der Waals surface area contributed by atoms with E-state index in [1.54, 1.807) is 0 Å². The minimum atomic E-state index is 0.143. The van der Waals surface area contributed by atoms with Crippen LogP contribution >= 0.6 is 0 Å². The Labute approximate surface area is 128 Å². The predicted molar refractivity (Wildman–Crippen MR) is 86.4 cm³/mol. The van der Waals surface area contributed by atoms with Gasteiger partial charge in [-0.3, -0.25) is 4.79 Å². The Balaban J connectivity index is 2.41. The Morgan fingerprint density at radius 1 is 1.38 bits per heavy atom. The lowest BCUT2D eigenvalue weighted by atomic mass is 10.2. The third-order valence-electron chi connectivity index (χ3n) is 3.14. The summed E-state index contributed by atoms with van der Waals surface area (Å²) in [6.07, 6.45) is 1.25. The first-order valence-corrected chi connectivity index (χ1v) is 7.70. The molecule has 0 fully saturated rings. The molecule has 0 atom stereocenters. The molecule has 0 spiro atoms. The van der Waals surface area contributed by atoms with Crippen LogP contribution in [0.2, 0.25) is 0 Å². The van der Waals surface area contributed by atoms with E-state index in [9.17, 15) is 4.79 Å². The van der Waals surface area contributed by atoms with Crippen molar-refractivity contribution in [1.82, 2.24) is 4.90 Å². The molecular formula is C17H28N2O2. The number of rotatable bonds is 9. The van der Waals surface area contributed by atoms with Gasteiger partial charge in [0, 0.05) is 13.1 Å². The minimum Gasteiger partial charge on any atom is -0.493 e. The Hall–Kier alpha value is -1.55. The average molecular weight is 292 g/mol. The van der Waals surface area contributed by atoms with Crippen LogP contribution in [-0.2, 0) is 4.79 Å². The molecule has 4 heteroatoms. The van der Waals surface area contributed by atoms with Crippen molar-refractivity contribution in [1.29, 1.82) is 0 Å². The molecule has 0 saturated carbocycles. The molecule has 2 N–H and O–H groups in total. The monoisotopic (exact) mass is 292 g/mol. The van der Waals surface area contributed by atoms with Gasteiger partial charge in [-0.2, -0.15) is 0 Å². The van der Waals surface area contributed by atoms with Gasteiger partial charge < -0.3 is 15.4 Å². The van der Waals surface area contributed by atoms with Gasteiger partial charge in [-0.15, -0.1) is 0 Å². The number of hydrogen-bond donors (Lipinski definition) is 1. The van der Waals surface area contributed by atoms with Crippen LogP contribution < -0.4 is 10.5 Å². The number of hydrogen-bond acceptors (Lipinski definition) is 3. The van der Waals surface area contributed by atoms with Crippen LogP contribution in [0.1, 0.15) is 32.3 Å². The molecule has 1 aromatic carbocycles. The number of aryl methyl sites for hydroxylation is 1. The van der Waals surface area contributed by atoms with Crippen LogP contribution in [-0.4, -0.2) is 37.0 Å². The van der Waals surface area contributed by atoms with E-state index >= 15 is 0 Å². The van der Waals surface area contributed by atoms with Gasteiger partial charge in [0.15, 0.2) is 0 Å². The Morgan fingerprint density at radius 2 is 2.14 bits per heavy atom. The second-order valence-corrected chi connectivity index (χ2v) is 5.79. The first kappa shape index (κ1) is 17.5. The molecule has 0 aliphatic carbocycles. The van der Waals surface area contributed by atoms with Crippen molar-refractivity contribution in [3.05, 3.63) is 29.8 Å². The van der Waals surface area contributed by atoms with Crippen LogP contribution in [0.4, 0.5) is 0 Å². The van der Waals surface area contributed by atoms with Gasteiger partial charge in [-0.1, -0.05) is 26.0 Å². The quantitative estimate of drug-likeness (QED) is 0.761. The van der Waals surface area contributed by atoms with E-state index in [4.69, 9.17) is 10.5 Å². The highest BCUT2D eigenvalue weighted by atomic mass is 16.5. The molecule has 0 heterocycles. The Morgan fingerprint density at radius 3 is 2.76 bits per heavy atom. The number of nitrogens with zero attached hydrogens (tertiary/aromatic N) is 1. The number of amides is 1. The topological polar surface area (TPSA) is 55.6 Å². The summed E-state index contributed by atoms with van der Waals surface area (Å²) in [4.78, 5) is 14.1. The molecule has 21 heavy (non-hydrogen) atoms. The van der Waals surface area contributed by atoms with Crippen LogP contribution in [0.5, 0.6) is 5.75 Å². The molecule has 4 nitrogen and oxygen atoms in total. The summed E-state index contributed by atoms with van der Waals surface area (Å²) in [5.74, 6) is 1.43. The highest BCUT2D eigenvalue weighted by molar-refractivity contribution is 5.76. The lowest BCUT2D eigenvalue weighted by Gasteiger charge is -2.24. The summed E-state index contributed by atoms with van der Waals surface area (Å²) < 4.78 is 5.64. The summed E-state index contributed by atoms with van der Waals surface area (Å²) in [7, 11) is 0. The fourth-order valence-corrected chi connectivity index (χ4v) is 2.16. The van der Waals surface area contributed by atoms with Gasteiger partial charge in [0.25, 0.3) is 0 Å². The average Bonchev–Trinajstić information content (AvgIpc) is 2.43. The van der Waals surface area contributed by atoms with Crippen LogP contribution in [0.3, 0.4) is 0 Å². The maximum atomic E-state index is 12.2. The van der Waals surface area contributed by atoms with E-state index in [0.717, 1.165) is 30.8 Å². The highest BCUT2D eigenvalue weighted by Gasteiger charge is 2.14. The fourth-order valence-electron chi connectivity index (χ4n) is 2.16. The van der Waals surface area contributed by atoms with E-state index in [-0.39, 0.29) is 5.91 Å². The molecule has 1 rings (SSSR count). The lowest BCUT2D eigenvalue weighted by Crippen LogP contribution is -2.36. The summed E-state index contributed by atoms with van der Waals surface area (Å²) in [5, 5.41) is 0. The van der Waals surface area contributed by atoms with Crippen molar-refractivity contribution in [2.24, 2.45) is 11.7 Å². The molecule has 0 bridgehead atoms. The molecule has 0 saturated heterocycles. The number of ether oxygens (including phenoxy) is 1. The van der Waals surface area contributed by atoms with E-state index in [0.29, 0.717) is 25.5 Å². The molecule has 0 unspecified atom stereocenters. The van der Waals surface area contributed by atoms with Crippen molar-refractivity contribution < 1.29 is 9.53 Å². The molecular weight excluding hydrogens is 264 g/mol. The zero-order chi connectivity index (χ0) is 15.7. The van der Waals surface area contributed by atoms with Crippen LogP contribution in [0.25, 0.3) is 0 Å². The van der Waals surface area contributed by atoms with E-state index in [1.807, 2.05) is 36.1 Å². The number of carbonyl (C=O) groups excluding carboxylic acids is 1. The Kier molecular flexibility index (Phi) is 7.83. The zero-order valence-corrected chi connectivity index (χ0v) is 13.5. The third-order valence-corrected chi connectivity index (χ3v) is 3.14. The maximum absolute atomic E-state index is 12.2. The largest absolute Gasteiger partial charge is 0.493 e. The molecule has 0 aliphatic rings. The van der Waals surface area contributed by atoms with Gasteiger partial charge >= 0.3 is 0 Å². The van der Waals surface area contributed by atoms with Gasteiger partial charge in [0.1, 0.15) is 5.75 Å². The van der Waals surface area contributed by atoms with Crippen molar-refractivity contribution in [2.75, 3.05) is 26.2 Å². The molecule has 0 aromatic heterocycles. The van der Waals surface area contributed by atoms with Gasteiger partial charge in [0.05, 0.1) is 13.0 Å². The zero-order valence-electron chi connectivity index (χ0n) is 13.5. The van der Waals surface area contributed by atoms with Crippen molar-refractivity contribution >= 4 is 5.91 Å². The second-order valence-electron chi connectivity index (χ2n) is 5.79. The second kappa shape index (κ2) is 9.40. The number of nitrogens with two attached hydrogens (primary N) is 1. The Bertz CT molecular complexity index is 433. The molecule has 1 amide bonds. The molecule has 118 valence electrons. The third kappa shape index (κ3) is 7.14. The smallest absolute Gasteiger partial charge is 0.226 e. The summed E-state index contributed by atoms with van der Waals surface area (Å²) >= 11 is 0. The van der Waals surface area contributed by atoms with E-state index in [2.05, 4.69) is 13.8 Å². The first-order valence-electron chi connectivity index (χ1n) is 7.70. The van der Waals surface area contributed by atoms with E-state index in [1.165, 1.54) is 0 Å². The minimum absolute atomic E-state index is 0.143. The standard InChI is InChI=1S/C17H28N2O2/c1-14(2)13-19(10-5-9-18)17(20)8-11-21-16-7-4-6-15(3)12-16/h4,6-7,12,14H,5,8-11,13,18H2,1-3H3. The van der Waals surface area contributed by atoms with Crippen LogP contribution in [0, 0.1) is 12.8 Å². The number of carbonyl (C=O) groups is 1. The SMILES string of the molecule is Cc1cccc(OCCC(=O)N(CCCN)CC(C)C)c1. The number of benzene rings is 1. The normalized spacial score (nSPS) is 10.7. The highest BCUT2D eigenvalue weighted by Crippen LogP contribution is 2.13. The van der Waals surface area contributed by atoms with Crippen molar-refractivity contribution in [3.8, 4) is 5.75 Å². The summed E-state index contributed by atoms with van der Waals surface area (Å²) in [6, 6.07) is 7.87. The van der Waals surface area contributed by atoms with Gasteiger partial charge in [-0.05, 0) is 43.5 Å². The molecule has 0 radical (unpaired) electrons. The lowest BCUT2D eigenvalue weighted by molar-refractivity contribution is -0.132. The van der Waals surface area contributed by atoms with Crippen LogP contribution in [0.15, 0.2) is 24.3 Å². The van der Waals surface area contributed by atoms with Crippen molar-refractivity contribution in [2.45, 2.75) is 33.6 Å². The first-order chi connectivity index (χ1) is 10.0. The predicted octanol–water partition coefficient (Wildman–Crippen LogP) is 2.60. The molecule has 0 aliphatic heterocycles. The van der Waals surface area contributed by atoms with E-state index < -0.39 is 0 Å².